The average Bonchev–Trinajstić information content (AvgIpc) is 2.30. The highest BCUT2D eigenvalue weighted by Gasteiger charge is 1.93. The lowest BCUT2D eigenvalue weighted by Gasteiger charge is -2.04. The van der Waals surface area contributed by atoms with Gasteiger partial charge in [-0.2, -0.15) is 0 Å². The molecule has 4 nitrogen and oxygen atoms in total. The number of nitrogens with zero attached hydrogens (tertiary/aromatic N) is 2. The van der Waals surface area contributed by atoms with E-state index in [0.717, 1.165) is 18.1 Å². The molecule has 3 N–H and O–H groups in total. The van der Waals surface area contributed by atoms with Gasteiger partial charge in [-0.15, -0.1) is 0 Å². The van der Waals surface area contributed by atoms with Crippen LogP contribution >= 0.6 is 0 Å². The van der Waals surface area contributed by atoms with Crippen LogP contribution < -0.4 is 11.1 Å². The van der Waals surface area contributed by atoms with Crippen molar-refractivity contribution < 1.29 is 0 Å². The fourth-order valence-electron chi connectivity index (χ4n) is 1.22. The van der Waals surface area contributed by atoms with Crippen LogP contribution in [0.3, 0.4) is 0 Å². The minimum Gasteiger partial charge on any atom is -0.399 e. The zero-order chi connectivity index (χ0) is 10.5. The van der Waals surface area contributed by atoms with Crippen LogP contribution in [0.4, 0.5) is 11.5 Å². The number of rotatable bonds is 3. The molecule has 0 aliphatic heterocycles. The first kappa shape index (κ1) is 9.45. The summed E-state index contributed by atoms with van der Waals surface area (Å²) < 4.78 is 0. The normalized spacial score (nSPS) is 9.87. The van der Waals surface area contributed by atoms with E-state index in [2.05, 4.69) is 15.3 Å². The standard InChI is InChI=1S/C11H12N4/c12-10-3-1-9(2-4-10)7-14-11-5-6-13-8-15-11/h1-6,8H,7,12H2,(H,13,14,15). The maximum Gasteiger partial charge on any atom is 0.129 e. The van der Waals surface area contributed by atoms with Gasteiger partial charge < -0.3 is 11.1 Å². The summed E-state index contributed by atoms with van der Waals surface area (Å²) in [6.07, 6.45) is 3.23. The Balaban J connectivity index is 1.96. The fourth-order valence-corrected chi connectivity index (χ4v) is 1.22. The number of hydrogen-bond acceptors (Lipinski definition) is 4. The Labute approximate surface area is 88.2 Å². The van der Waals surface area contributed by atoms with Crippen LogP contribution in [0.2, 0.25) is 0 Å². The van der Waals surface area contributed by atoms with Gasteiger partial charge in [0, 0.05) is 18.4 Å². The Kier molecular flexibility index (Phi) is 2.78. The van der Waals surface area contributed by atoms with Gasteiger partial charge in [-0.3, -0.25) is 0 Å². The molecule has 2 aromatic rings. The Hall–Kier alpha value is -2.10. The predicted molar refractivity (Wildman–Crippen MR) is 60.2 cm³/mol. The van der Waals surface area contributed by atoms with Gasteiger partial charge >= 0.3 is 0 Å². The fraction of sp³-hybridized carbons (Fsp3) is 0.0909. The van der Waals surface area contributed by atoms with Crippen LogP contribution in [0, 0.1) is 0 Å². The summed E-state index contributed by atoms with van der Waals surface area (Å²) in [4.78, 5) is 7.91. The van der Waals surface area contributed by atoms with Gasteiger partial charge in [-0.1, -0.05) is 12.1 Å². The SMILES string of the molecule is Nc1ccc(CNc2ccncn2)cc1. The maximum absolute atomic E-state index is 5.59. The number of nitrogens with one attached hydrogen (secondary N) is 1. The Morgan fingerprint density at radius 3 is 2.60 bits per heavy atom. The summed E-state index contributed by atoms with van der Waals surface area (Å²) in [5.74, 6) is 0.821. The van der Waals surface area contributed by atoms with Gasteiger partial charge in [-0.25, -0.2) is 9.97 Å². The topological polar surface area (TPSA) is 63.8 Å². The number of anilines is 2. The lowest BCUT2D eigenvalue weighted by atomic mass is 10.2. The third-order valence-corrected chi connectivity index (χ3v) is 2.04. The second-order valence-electron chi connectivity index (χ2n) is 3.19. The zero-order valence-corrected chi connectivity index (χ0v) is 8.22. The van der Waals surface area contributed by atoms with E-state index in [-0.39, 0.29) is 0 Å². The Morgan fingerprint density at radius 2 is 1.93 bits per heavy atom. The predicted octanol–water partition coefficient (Wildman–Crippen LogP) is 1.67. The lowest BCUT2D eigenvalue weighted by molar-refractivity contribution is 1.08. The van der Waals surface area contributed by atoms with E-state index in [4.69, 9.17) is 5.73 Å². The Bertz CT molecular complexity index is 410. The molecule has 1 aromatic carbocycles. The molecular formula is C11H12N4. The average molecular weight is 200 g/mol. The molecule has 0 unspecified atom stereocenters. The second-order valence-corrected chi connectivity index (χ2v) is 3.19. The molecule has 4 heteroatoms. The molecule has 0 saturated heterocycles. The van der Waals surface area contributed by atoms with Crippen LogP contribution in [-0.4, -0.2) is 9.97 Å². The smallest absolute Gasteiger partial charge is 0.129 e. The monoisotopic (exact) mass is 200 g/mol. The van der Waals surface area contributed by atoms with Crippen molar-refractivity contribution in [2.75, 3.05) is 11.1 Å². The maximum atomic E-state index is 5.59. The van der Waals surface area contributed by atoms with Crippen molar-refractivity contribution in [3.8, 4) is 0 Å². The molecule has 0 bridgehead atoms. The number of hydrogen-bond donors (Lipinski definition) is 2. The van der Waals surface area contributed by atoms with Crippen LogP contribution in [-0.2, 0) is 6.54 Å². The second kappa shape index (κ2) is 4.41. The van der Waals surface area contributed by atoms with Gasteiger partial charge in [0.05, 0.1) is 0 Å². The summed E-state index contributed by atoms with van der Waals surface area (Å²) in [5.41, 5.74) is 7.54. The van der Waals surface area contributed by atoms with Crippen molar-refractivity contribution in [1.29, 1.82) is 0 Å². The molecule has 15 heavy (non-hydrogen) atoms. The summed E-state index contributed by atoms with van der Waals surface area (Å²) >= 11 is 0. The summed E-state index contributed by atoms with van der Waals surface area (Å²) in [7, 11) is 0. The van der Waals surface area contributed by atoms with Crippen LogP contribution in [0.5, 0.6) is 0 Å². The minimum absolute atomic E-state index is 0.733. The first-order valence-electron chi connectivity index (χ1n) is 4.69. The highest BCUT2D eigenvalue weighted by molar-refractivity contribution is 5.40. The van der Waals surface area contributed by atoms with Crippen molar-refractivity contribution in [1.82, 2.24) is 9.97 Å². The number of nitrogens with two attached hydrogens (primary N) is 1. The van der Waals surface area contributed by atoms with Gasteiger partial charge in [0.15, 0.2) is 0 Å². The van der Waals surface area contributed by atoms with Gasteiger partial charge in [0.1, 0.15) is 12.1 Å². The molecule has 0 aliphatic rings. The van der Waals surface area contributed by atoms with E-state index >= 15 is 0 Å². The van der Waals surface area contributed by atoms with Crippen LogP contribution in [0.25, 0.3) is 0 Å². The van der Waals surface area contributed by atoms with Crippen molar-refractivity contribution in [3.05, 3.63) is 48.4 Å². The molecule has 0 amide bonds. The van der Waals surface area contributed by atoms with E-state index in [1.807, 2.05) is 30.3 Å². The zero-order valence-electron chi connectivity index (χ0n) is 8.22. The van der Waals surface area contributed by atoms with Crippen molar-refractivity contribution in [2.45, 2.75) is 6.54 Å². The van der Waals surface area contributed by atoms with Crippen molar-refractivity contribution in [3.63, 3.8) is 0 Å². The first-order valence-corrected chi connectivity index (χ1v) is 4.69. The van der Waals surface area contributed by atoms with E-state index < -0.39 is 0 Å². The van der Waals surface area contributed by atoms with Gasteiger partial charge in [-0.05, 0) is 23.8 Å². The van der Waals surface area contributed by atoms with Crippen molar-refractivity contribution >= 4 is 11.5 Å². The highest BCUT2D eigenvalue weighted by Crippen LogP contribution is 2.07. The summed E-state index contributed by atoms with van der Waals surface area (Å²) in [6.45, 7) is 0.733. The molecule has 76 valence electrons. The molecule has 2 rings (SSSR count). The third kappa shape index (κ3) is 2.67. The largest absolute Gasteiger partial charge is 0.399 e. The highest BCUT2D eigenvalue weighted by atomic mass is 15.0. The first-order chi connectivity index (χ1) is 7.34. The number of benzene rings is 1. The molecule has 1 heterocycles. The lowest BCUT2D eigenvalue weighted by Crippen LogP contribution is -2.01. The Morgan fingerprint density at radius 1 is 1.13 bits per heavy atom. The van der Waals surface area contributed by atoms with Gasteiger partial charge in [0.25, 0.3) is 0 Å². The van der Waals surface area contributed by atoms with E-state index in [0.29, 0.717) is 0 Å². The van der Waals surface area contributed by atoms with E-state index in [1.165, 1.54) is 11.9 Å². The third-order valence-electron chi connectivity index (χ3n) is 2.04. The molecule has 0 aliphatic carbocycles. The summed E-state index contributed by atoms with van der Waals surface area (Å²) in [6, 6.07) is 9.58. The molecular weight excluding hydrogens is 188 g/mol. The van der Waals surface area contributed by atoms with Crippen LogP contribution in [0.15, 0.2) is 42.9 Å². The summed E-state index contributed by atoms with van der Waals surface area (Å²) in [5, 5.41) is 3.19. The van der Waals surface area contributed by atoms with Gasteiger partial charge in [0.2, 0.25) is 0 Å². The van der Waals surface area contributed by atoms with Crippen LogP contribution in [0.1, 0.15) is 5.56 Å². The molecule has 0 radical (unpaired) electrons. The molecule has 0 saturated carbocycles. The number of nitrogen functional groups attached to an aromatic ring is 1. The molecule has 1 aromatic heterocycles. The molecule has 0 fully saturated rings. The number of aromatic nitrogens is 2. The molecule has 0 spiro atoms. The molecule has 0 atom stereocenters. The van der Waals surface area contributed by atoms with E-state index in [9.17, 15) is 0 Å². The quantitative estimate of drug-likeness (QED) is 0.740. The van der Waals surface area contributed by atoms with Crippen molar-refractivity contribution in [2.24, 2.45) is 0 Å². The minimum atomic E-state index is 0.733. The van der Waals surface area contributed by atoms with E-state index in [1.54, 1.807) is 6.20 Å².